The van der Waals surface area contributed by atoms with E-state index in [1.165, 1.54) is 0 Å². The van der Waals surface area contributed by atoms with Gasteiger partial charge in [-0.2, -0.15) is 0 Å². The zero-order valence-corrected chi connectivity index (χ0v) is 17.5. The zero-order valence-electron chi connectivity index (χ0n) is 17.5. The van der Waals surface area contributed by atoms with Gasteiger partial charge < -0.3 is 14.8 Å². The third-order valence-electron chi connectivity index (χ3n) is 5.14. The van der Waals surface area contributed by atoms with Crippen molar-refractivity contribution < 1.29 is 19.1 Å². The maximum Gasteiger partial charge on any atom is 0.322 e. The Balaban J connectivity index is 1.69. The summed E-state index contributed by atoms with van der Waals surface area (Å²) in [7, 11) is 0. The van der Waals surface area contributed by atoms with Gasteiger partial charge in [-0.05, 0) is 29.2 Å². The van der Waals surface area contributed by atoms with Crippen LogP contribution in [0.4, 0.5) is 4.79 Å². The van der Waals surface area contributed by atoms with Gasteiger partial charge in [0.1, 0.15) is 30.8 Å². The van der Waals surface area contributed by atoms with Crippen LogP contribution in [-0.2, 0) is 24.4 Å². The highest BCUT2D eigenvalue weighted by molar-refractivity contribution is 6.04. The first kappa shape index (κ1) is 21.2. The van der Waals surface area contributed by atoms with Gasteiger partial charge in [-0.15, -0.1) is 6.58 Å². The molecule has 0 aromatic heterocycles. The molecule has 2 N–H and O–H groups in total. The molecule has 0 radical (unpaired) electrons. The van der Waals surface area contributed by atoms with Crippen LogP contribution in [0.25, 0.3) is 0 Å². The Morgan fingerprint density at radius 3 is 2.06 bits per heavy atom. The number of amides is 3. The molecule has 1 aliphatic rings. The lowest BCUT2D eigenvalue weighted by molar-refractivity contribution is -0.120. The predicted molar refractivity (Wildman–Crippen MR) is 121 cm³/mol. The van der Waals surface area contributed by atoms with Crippen LogP contribution < -0.4 is 20.1 Å². The molecule has 1 fully saturated rings. The number of carbonyl (C=O) groups is 2. The number of carbonyl (C=O) groups excluding carboxylic acids is 2. The van der Waals surface area contributed by atoms with Crippen LogP contribution in [0, 0.1) is 0 Å². The number of hydrogen-bond donors (Lipinski definition) is 2. The number of allylic oxidation sites excluding steroid dienone is 1. The molecule has 162 valence electrons. The van der Waals surface area contributed by atoms with Crippen LogP contribution in [0.15, 0.2) is 85.5 Å². The van der Waals surface area contributed by atoms with Crippen molar-refractivity contribution in [3.63, 3.8) is 0 Å². The molecule has 6 nitrogen and oxygen atoms in total. The van der Waals surface area contributed by atoms with Crippen molar-refractivity contribution >= 4 is 11.9 Å². The SMILES string of the molecule is C=CCc1c(OCc2ccccc2)cc(OCc2ccccc2)cc1C1NC(=O)NC1=O. The van der Waals surface area contributed by atoms with Crippen molar-refractivity contribution in [2.24, 2.45) is 0 Å². The summed E-state index contributed by atoms with van der Waals surface area (Å²) in [5.41, 5.74) is 3.44. The molecule has 3 aromatic rings. The lowest BCUT2D eigenvalue weighted by atomic mass is 9.96. The highest BCUT2D eigenvalue weighted by atomic mass is 16.5. The highest BCUT2D eigenvalue weighted by Crippen LogP contribution is 2.35. The summed E-state index contributed by atoms with van der Waals surface area (Å²) in [5.74, 6) is 0.728. The molecule has 3 amide bonds. The Morgan fingerprint density at radius 2 is 1.50 bits per heavy atom. The Hall–Kier alpha value is -4.06. The Morgan fingerprint density at radius 1 is 0.875 bits per heavy atom. The van der Waals surface area contributed by atoms with Crippen LogP contribution in [0.1, 0.15) is 28.3 Å². The molecular formula is C26H24N2O4. The Bertz CT molecular complexity index is 1110. The van der Waals surface area contributed by atoms with E-state index in [0.29, 0.717) is 36.7 Å². The monoisotopic (exact) mass is 428 g/mol. The molecular weight excluding hydrogens is 404 g/mol. The summed E-state index contributed by atoms with van der Waals surface area (Å²) >= 11 is 0. The fraction of sp³-hybridized carbons (Fsp3) is 0.154. The Labute approximate surface area is 186 Å². The second-order valence-electron chi connectivity index (χ2n) is 7.43. The van der Waals surface area contributed by atoms with Gasteiger partial charge in [0.15, 0.2) is 0 Å². The zero-order chi connectivity index (χ0) is 22.3. The number of ether oxygens (including phenoxy) is 2. The van der Waals surface area contributed by atoms with E-state index < -0.39 is 18.0 Å². The van der Waals surface area contributed by atoms with Crippen LogP contribution in [0.3, 0.4) is 0 Å². The molecule has 1 heterocycles. The quantitative estimate of drug-likeness (QED) is 0.390. The lowest BCUT2D eigenvalue weighted by Gasteiger charge is -2.20. The van der Waals surface area contributed by atoms with E-state index in [-0.39, 0.29) is 0 Å². The first-order valence-electron chi connectivity index (χ1n) is 10.4. The first-order valence-corrected chi connectivity index (χ1v) is 10.4. The largest absolute Gasteiger partial charge is 0.489 e. The van der Waals surface area contributed by atoms with E-state index >= 15 is 0 Å². The number of nitrogens with one attached hydrogen (secondary N) is 2. The van der Waals surface area contributed by atoms with Crippen molar-refractivity contribution in [3.05, 3.63) is 108 Å². The Kier molecular flexibility index (Phi) is 6.51. The summed E-state index contributed by atoms with van der Waals surface area (Å²) in [6.07, 6.45) is 2.21. The topological polar surface area (TPSA) is 76.7 Å². The van der Waals surface area contributed by atoms with E-state index in [0.717, 1.165) is 16.7 Å². The predicted octanol–water partition coefficient (Wildman–Crippen LogP) is 4.45. The number of imide groups is 1. The molecule has 32 heavy (non-hydrogen) atoms. The van der Waals surface area contributed by atoms with Crippen LogP contribution in [0.5, 0.6) is 11.5 Å². The smallest absolute Gasteiger partial charge is 0.322 e. The second-order valence-corrected chi connectivity index (χ2v) is 7.43. The highest BCUT2D eigenvalue weighted by Gasteiger charge is 2.33. The molecule has 4 rings (SSSR count). The molecule has 1 saturated heterocycles. The molecule has 1 unspecified atom stereocenters. The summed E-state index contributed by atoms with van der Waals surface area (Å²) in [5, 5.41) is 4.97. The fourth-order valence-electron chi connectivity index (χ4n) is 3.59. The molecule has 3 aromatic carbocycles. The third kappa shape index (κ3) is 4.98. The number of rotatable bonds is 9. The molecule has 0 bridgehead atoms. The van der Waals surface area contributed by atoms with E-state index in [1.54, 1.807) is 12.1 Å². The van der Waals surface area contributed by atoms with Crippen molar-refractivity contribution in [1.82, 2.24) is 10.6 Å². The second kappa shape index (κ2) is 9.83. The molecule has 0 spiro atoms. The molecule has 1 aliphatic heterocycles. The third-order valence-corrected chi connectivity index (χ3v) is 5.14. The van der Waals surface area contributed by atoms with Crippen LogP contribution in [0.2, 0.25) is 0 Å². The molecule has 0 aliphatic carbocycles. The van der Waals surface area contributed by atoms with E-state index in [2.05, 4.69) is 17.2 Å². The standard InChI is InChI=1S/C26H24N2O4/c1-2-9-21-22(24-25(29)28-26(30)27-24)14-20(31-16-18-10-5-3-6-11-18)15-23(21)32-17-19-12-7-4-8-13-19/h2-8,10-15,24H,1,9,16-17H2,(H2,27,28,29,30). The minimum absolute atomic E-state index is 0.357. The summed E-state index contributed by atoms with van der Waals surface area (Å²) in [6.45, 7) is 4.56. The summed E-state index contributed by atoms with van der Waals surface area (Å²) in [4.78, 5) is 24.2. The van der Waals surface area contributed by atoms with Crippen molar-refractivity contribution in [2.75, 3.05) is 0 Å². The van der Waals surface area contributed by atoms with E-state index in [1.807, 2.05) is 66.7 Å². The maximum absolute atomic E-state index is 12.4. The van der Waals surface area contributed by atoms with Gasteiger partial charge >= 0.3 is 6.03 Å². The van der Waals surface area contributed by atoms with Gasteiger partial charge in [0, 0.05) is 11.6 Å². The molecule has 0 saturated carbocycles. The molecule has 6 heteroatoms. The normalized spacial score (nSPS) is 15.1. The number of benzene rings is 3. The van der Waals surface area contributed by atoms with Gasteiger partial charge in [-0.25, -0.2) is 4.79 Å². The van der Waals surface area contributed by atoms with Gasteiger partial charge in [0.25, 0.3) is 5.91 Å². The summed E-state index contributed by atoms with van der Waals surface area (Å²) in [6, 6.07) is 21.9. The molecule has 1 atom stereocenters. The first-order chi connectivity index (χ1) is 15.6. The average Bonchev–Trinajstić information content (AvgIpc) is 3.16. The van der Waals surface area contributed by atoms with Gasteiger partial charge in [0.05, 0.1) is 0 Å². The van der Waals surface area contributed by atoms with Crippen molar-refractivity contribution in [3.8, 4) is 11.5 Å². The average molecular weight is 428 g/mol. The van der Waals surface area contributed by atoms with Crippen molar-refractivity contribution in [2.45, 2.75) is 25.7 Å². The number of urea groups is 1. The van der Waals surface area contributed by atoms with Crippen LogP contribution >= 0.6 is 0 Å². The van der Waals surface area contributed by atoms with Gasteiger partial charge in [-0.3, -0.25) is 10.1 Å². The maximum atomic E-state index is 12.4. The fourth-order valence-corrected chi connectivity index (χ4v) is 3.59. The van der Waals surface area contributed by atoms with Gasteiger partial charge in [-0.1, -0.05) is 66.7 Å². The summed E-state index contributed by atoms with van der Waals surface area (Å²) < 4.78 is 12.2. The minimum Gasteiger partial charge on any atom is -0.489 e. The number of hydrogen-bond acceptors (Lipinski definition) is 4. The van der Waals surface area contributed by atoms with Crippen molar-refractivity contribution in [1.29, 1.82) is 0 Å². The lowest BCUT2D eigenvalue weighted by Crippen LogP contribution is -2.22. The van der Waals surface area contributed by atoms with E-state index in [9.17, 15) is 9.59 Å². The van der Waals surface area contributed by atoms with Crippen LogP contribution in [-0.4, -0.2) is 11.9 Å². The van der Waals surface area contributed by atoms with E-state index in [4.69, 9.17) is 9.47 Å². The minimum atomic E-state index is -0.822. The van der Waals surface area contributed by atoms with Gasteiger partial charge in [0.2, 0.25) is 0 Å².